The summed E-state index contributed by atoms with van der Waals surface area (Å²) in [5, 5.41) is 0. The molecule has 1 amide bonds. The van der Waals surface area contributed by atoms with Gasteiger partial charge in [-0.3, -0.25) is 4.79 Å². The van der Waals surface area contributed by atoms with Crippen molar-refractivity contribution in [3.63, 3.8) is 0 Å². The Hall–Kier alpha value is -0.610. The predicted octanol–water partition coefficient (Wildman–Crippen LogP) is 1.56. The second-order valence-corrected chi connectivity index (χ2v) is 5.25. The van der Waals surface area contributed by atoms with Gasteiger partial charge in [0.1, 0.15) is 0 Å². The number of amides is 1. The third kappa shape index (κ3) is 3.68. The highest BCUT2D eigenvalue weighted by molar-refractivity contribution is 5.85. The van der Waals surface area contributed by atoms with Crippen molar-refractivity contribution in [2.24, 2.45) is 17.4 Å². The van der Waals surface area contributed by atoms with Crippen LogP contribution in [0, 0.1) is 5.92 Å². The van der Waals surface area contributed by atoms with Gasteiger partial charge in [-0.05, 0) is 38.5 Å². The molecule has 0 aliphatic heterocycles. The van der Waals surface area contributed by atoms with Crippen LogP contribution in [0.5, 0.6) is 0 Å². The highest BCUT2D eigenvalue weighted by Gasteiger charge is 2.43. The largest absolute Gasteiger partial charge is 0.378 e. The summed E-state index contributed by atoms with van der Waals surface area (Å²) in [6.07, 6.45) is 6.05. The minimum absolute atomic E-state index is 0.189. The average Bonchev–Trinajstić information content (AvgIpc) is 2.62. The summed E-state index contributed by atoms with van der Waals surface area (Å²) in [6.45, 7) is 4.91. The number of hydrogen-bond donors (Lipinski definition) is 2. The van der Waals surface area contributed by atoms with Gasteiger partial charge in [0, 0.05) is 6.61 Å². The molecule has 0 aromatic rings. The molecule has 1 aliphatic rings. The molecule has 0 aromatic heterocycles. The van der Waals surface area contributed by atoms with Crippen molar-refractivity contribution in [3.8, 4) is 0 Å². The third-order valence-electron chi connectivity index (χ3n) is 3.89. The van der Waals surface area contributed by atoms with E-state index < -0.39 is 5.54 Å². The van der Waals surface area contributed by atoms with Crippen molar-refractivity contribution >= 4 is 5.91 Å². The molecule has 3 atom stereocenters. The van der Waals surface area contributed by atoms with Gasteiger partial charge < -0.3 is 16.2 Å². The van der Waals surface area contributed by atoms with E-state index in [1.165, 1.54) is 0 Å². The van der Waals surface area contributed by atoms with Gasteiger partial charge in [0.25, 0.3) is 0 Å². The molecular formula is C13H26N2O2. The molecule has 1 rings (SSSR count). The Labute approximate surface area is 104 Å². The van der Waals surface area contributed by atoms with Crippen LogP contribution in [0.25, 0.3) is 0 Å². The van der Waals surface area contributed by atoms with E-state index in [4.69, 9.17) is 16.2 Å². The second kappa shape index (κ2) is 6.36. The Morgan fingerprint density at radius 1 is 1.59 bits per heavy atom. The van der Waals surface area contributed by atoms with Crippen LogP contribution in [0.15, 0.2) is 0 Å². The lowest BCUT2D eigenvalue weighted by atomic mass is 9.85. The molecule has 0 heterocycles. The Balaban J connectivity index is 2.34. The fraction of sp³-hybridized carbons (Fsp3) is 0.923. The smallest absolute Gasteiger partial charge is 0.237 e. The zero-order chi connectivity index (χ0) is 12.9. The lowest BCUT2D eigenvalue weighted by Crippen LogP contribution is -2.54. The highest BCUT2D eigenvalue weighted by atomic mass is 16.5. The van der Waals surface area contributed by atoms with E-state index in [9.17, 15) is 4.79 Å². The number of carbonyl (C=O) groups excluding carboxylic acids is 1. The van der Waals surface area contributed by atoms with Gasteiger partial charge in [-0.1, -0.05) is 19.8 Å². The third-order valence-corrected chi connectivity index (χ3v) is 3.89. The fourth-order valence-corrected chi connectivity index (χ4v) is 2.73. The lowest BCUT2D eigenvalue weighted by Gasteiger charge is -2.28. The Bertz CT molecular complexity index is 258. The van der Waals surface area contributed by atoms with E-state index in [1.54, 1.807) is 0 Å². The van der Waals surface area contributed by atoms with Crippen molar-refractivity contribution in [3.05, 3.63) is 0 Å². The first-order valence-electron chi connectivity index (χ1n) is 6.71. The van der Waals surface area contributed by atoms with Gasteiger partial charge in [0.2, 0.25) is 5.91 Å². The number of ether oxygens (including phenoxy) is 1. The molecule has 0 saturated heterocycles. The maximum Gasteiger partial charge on any atom is 0.237 e. The van der Waals surface area contributed by atoms with Gasteiger partial charge in [-0.25, -0.2) is 0 Å². The first-order valence-corrected chi connectivity index (χ1v) is 6.71. The monoisotopic (exact) mass is 242 g/mol. The zero-order valence-corrected chi connectivity index (χ0v) is 11.1. The van der Waals surface area contributed by atoms with Crippen LogP contribution in [0.2, 0.25) is 0 Å². The Morgan fingerprint density at radius 2 is 2.29 bits per heavy atom. The molecule has 0 aromatic carbocycles. The topological polar surface area (TPSA) is 78.3 Å². The van der Waals surface area contributed by atoms with Crippen LogP contribution in [-0.4, -0.2) is 24.2 Å². The summed E-state index contributed by atoms with van der Waals surface area (Å²) in [5.74, 6) is -0.171. The minimum atomic E-state index is -0.794. The van der Waals surface area contributed by atoms with E-state index in [-0.39, 0.29) is 11.8 Å². The lowest BCUT2D eigenvalue weighted by molar-refractivity contribution is -0.124. The van der Waals surface area contributed by atoms with Gasteiger partial charge in [0.05, 0.1) is 11.6 Å². The maximum atomic E-state index is 11.4. The zero-order valence-electron chi connectivity index (χ0n) is 11.1. The normalized spacial score (nSPS) is 30.4. The Kier molecular flexibility index (Phi) is 5.40. The maximum absolute atomic E-state index is 11.4. The summed E-state index contributed by atoms with van der Waals surface area (Å²) >= 11 is 0. The number of hydrogen-bond acceptors (Lipinski definition) is 3. The van der Waals surface area contributed by atoms with Gasteiger partial charge in [-0.2, -0.15) is 0 Å². The first kappa shape index (κ1) is 14.5. The first-order chi connectivity index (χ1) is 8.00. The van der Waals surface area contributed by atoms with E-state index in [1.807, 2.05) is 0 Å². The molecule has 1 fully saturated rings. The van der Waals surface area contributed by atoms with Crippen LogP contribution in [0.3, 0.4) is 0 Å². The summed E-state index contributed by atoms with van der Waals surface area (Å²) in [6, 6.07) is 0. The van der Waals surface area contributed by atoms with Crippen LogP contribution in [0.1, 0.15) is 52.4 Å². The molecule has 17 heavy (non-hydrogen) atoms. The predicted molar refractivity (Wildman–Crippen MR) is 68.4 cm³/mol. The molecule has 100 valence electrons. The molecule has 4 nitrogen and oxygen atoms in total. The second-order valence-electron chi connectivity index (χ2n) is 5.25. The quantitative estimate of drug-likeness (QED) is 0.711. The minimum Gasteiger partial charge on any atom is -0.378 e. The van der Waals surface area contributed by atoms with Crippen molar-refractivity contribution in [2.75, 3.05) is 6.61 Å². The molecule has 1 aliphatic carbocycles. The summed E-state index contributed by atoms with van der Waals surface area (Å²) in [7, 11) is 0. The number of carbonyl (C=O) groups is 1. The Morgan fingerprint density at radius 3 is 2.88 bits per heavy atom. The molecule has 4 heteroatoms. The molecule has 0 spiro atoms. The molecule has 0 radical (unpaired) electrons. The van der Waals surface area contributed by atoms with Crippen LogP contribution in [-0.2, 0) is 9.53 Å². The average molecular weight is 242 g/mol. The van der Waals surface area contributed by atoms with Crippen LogP contribution >= 0.6 is 0 Å². The standard InChI is InChI=1S/C13H26N2O2/c1-3-5-10(2)17-9-7-11-6-4-8-13(11,15)12(14)16/h10-11H,3-9,15H2,1-2H3,(H2,14,16). The molecule has 1 saturated carbocycles. The fourth-order valence-electron chi connectivity index (χ4n) is 2.73. The van der Waals surface area contributed by atoms with Gasteiger partial charge in [0.15, 0.2) is 0 Å². The molecule has 3 unspecified atom stereocenters. The van der Waals surface area contributed by atoms with Crippen molar-refractivity contribution in [1.29, 1.82) is 0 Å². The highest BCUT2D eigenvalue weighted by Crippen LogP contribution is 2.35. The molecule has 4 N–H and O–H groups in total. The van der Waals surface area contributed by atoms with Crippen molar-refractivity contribution < 1.29 is 9.53 Å². The van der Waals surface area contributed by atoms with E-state index in [0.29, 0.717) is 12.7 Å². The summed E-state index contributed by atoms with van der Waals surface area (Å²) in [4.78, 5) is 11.4. The number of rotatable bonds is 7. The number of primary amides is 1. The molecule has 0 bridgehead atoms. The summed E-state index contributed by atoms with van der Waals surface area (Å²) < 4.78 is 5.71. The van der Waals surface area contributed by atoms with Crippen molar-refractivity contribution in [1.82, 2.24) is 0 Å². The van der Waals surface area contributed by atoms with E-state index in [2.05, 4.69) is 13.8 Å². The molecular weight excluding hydrogens is 216 g/mol. The van der Waals surface area contributed by atoms with Crippen LogP contribution in [0.4, 0.5) is 0 Å². The van der Waals surface area contributed by atoms with E-state index >= 15 is 0 Å². The van der Waals surface area contributed by atoms with Crippen LogP contribution < -0.4 is 11.5 Å². The number of nitrogens with two attached hydrogens (primary N) is 2. The van der Waals surface area contributed by atoms with Crippen molar-refractivity contribution in [2.45, 2.75) is 64.0 Å². The van der Waals surface area contributed by atoms with Gasteiger partial charge in [-0.15, -0.1) is 0 Å². The van der Waals surface area contributed by atoms with E-state index in [0.717, 1.165) is 38.5 Å². The SMILES string of the molecule is CCCC(C)OCCC1CCCC1(N)C(N)=O. The van der Waals surface area contributed by atoms with Gasteiger partial charge >= 0.3 is 0 Å². The summed E-state index contributed by atoms with van der Waals surface area (Å²) in [5.41, 5.74) is 10.7.